The zero-order valence-corrected chi connectivity index (χ0v) is 21.0. The topological polar surface area (TPSA) is 143 Å². The monoisotopic (exact) mass is 523 g/mol. The van der Waals surface area contributed by atoms with Crippen molar-refractivity contribution >= 4 is 27.6 Å². The lowest BCUT2D eigenvalue weighted by atomic mass is 10.2. The van der Waals surface area contributed by atoms with E-state index in [1.165, 1.54) is 19.3 Å². The van der Waals surface area contributed by atoms with Gasteiger partial charge < -0.3 is 14.2 Å². The normalized spacial score (nSPS) is 17.0. The first kappa shape index (κ1) is 25.2. The van der Waals surface area contributed by atoms with E-state index in [4.69, 9.17) is 25.8 Å². The number of sulfonamides is 1. The number of nitrogens with one attached hydrogen (secondary N) is 1. The summed E-state index contributed by atoms with van der Waals surface area (Å²) < 4.78 is 48.2. The molecule has 4 rings (SSSR count). The van der Waals surface area contributed by atoms with Gasteiger partial charge in [-0.25, -0.2) is 23.4 Å². The first-order valence-electron chi connectivity index (χ1n) is 11.0. The van der Waals surface area contributed by atoms with E-state index in [9.17, 15) is 8.42 Å². The maximum atomic E-state index is 13.5. The van der Waals surface area contributed by atoms with Crippen LogP contribution in [-0.2, 0) is 19.5 Å². The molecule has 0 saturated carbocycles. The number of hydrogen-bond acceptors (Lipinski definition) is 10. The third-order valence-corrected chi connectivity index (χ3v) is 7.28. The number of anilines is 1. The van der Waals surface area contributed by atoms with Crippen LogP contribution in [0, 0.1) is 0 Å². The minimum atomic E-state index is -4.04. The number of rotatable bonds is 10. The van der Waals surface area contributed by atoms with Gasteiger partial charge in [-0.2, -0.15) is 0 Å². The molecule has 12 nitrogen and oxygen atoms in total. The molecule has 0 spiro atoms. The van der Waals surface area contributed by atoms with Gasteiger partial charge in [0, 0.05) is 32.3 Å². The summed E-state index contributed by atoms with van der Waals surface area (Å²) in [6.45, 7) is 4.20. The minimum Gasteiger partial charge on any atom is -0.475 e. The molecule has 4 heterocycles. The second kappa shape index (κ2) is 10.8. The molecule has 1 aliphatic heterocycles. The number of pyridine rings is 1. The largest absolute Gasteiger partial charge is 0.475 e. The van der Waals surface area contributed by atoms with E-state index in [1.54, 1.807) is 30.0 Å². The molecular weight excluding hydrogens is 498 g/mol. The van der Waals surface area contributed by atoms with Crippen molar-refractivity contribution in [2.24, 2.45) is 0 Å². The van der Waals surface area contributed by atoms with Crippen molar-refractivity contribution in [1.29, 1.82) is 0 Å². The van der Waals surface area contributed by atoms with Gasteiger partial charge in [0.2, 0.25) is 21.9 Å². The van der Waals surface area contributed by atoms with Crippen molar-refractivity contribution in [3.05, 3.63) is 41.6 Å². The van der Waals surface area contributed by atoms with E-state index < -0.39 is 27.4 Å². The Balaban J connectivity index is 1.69. The molecule has 188 valence electrons. The summed E-state index contributed by atoms with van der Waals surface area (Å²) in [6.07, 6.45) is 4.17. The average Bonchev–Trinajstić information content (AvgIpc) is 3.18. The molecule has 0 aromatic carbocycles. The lowest BCUT2D eigenvalue weighted by Gasteiger charge is -2.24. The van der Waals surface area contributed by atoms with Crippen LogP contribution in [0.1, 0.15) is 38.2 Å². The van der Waals surface area contributed by atoms with Gasteiger partial charge in [-0.1, -0.05) is 18.5 Å². The Bertz CT molecular complexity index is 1260. The number of halogens is 1. The smallest absolute Gasteiger partial charge is 0.240 e. The maximum absolute atomic E-state index is 13.5. The van der Waals surface area contributed by atoms with Crippen LogP contribution in [0.5, 0.6) is 5.88 Å². The highest BCUT2D eigenvalue weighted by Crippen LogP contribution is 2.35. The Labute approximate surface area is 208 Å². The third-order valence-electron chi connectivity index (χ3n) is 5.39. The van der Waals surface area contributed by atoms with Crippen molar-refractivity contribution in [1.82, 2.24) is 29.7 Å². The molecule has 0 amide bonds. The predicted molar refractivity (Wildman–Crippen MR) is 128 cm³/mol. The van der Waals surface area contributed by atoms with Crippen LogP contribution in [0.3, 0.4) is 0 Å². The Morgan fingerprint density at radius 2 is 2.06 bits per heavy atom. The molecule has 14 heteroatoms. The fourth-order valence-corrected chi connectivity index (χ4v) is 4.85. The van der Waals surface area contributed by atoms with Crippen LogP contribution in [0.4, 0.5) is 5.95 Å². The van der Waals surface area contributed by atoms with Crippen LogP contribution >= 0.6 is 11.6 Å². The fraction of sp³-hybridized carbons (Fsp3) is 0.476. The van der Waals surface area contributed by atoms with E-state index in [-0.39, 0.29) is 25.0 Å². The summed E-state index contributed by atoms with van der Waals surface area (Å²) in [6, 6.07) is 3.12. The molecule has 0 fully saturated rings. The van der Waals surface area contributed by atoms with E-state index in [2.05, 4.69) is 29.9 Å². The number of hydrogen-bond donors (Lipinski definition) is 1. The average molecular weight is 524 g/mol. The van der Waals surface area contributed by atoms with Gasteiger partial charge in [0.1, 0.15) is 18.0 Å². The Morgan fingerprint density at radius 1 is 1.29 bits per heavy atom. The van der Waals surface area contributed by atoms with E-state index in [0.717, 1.165) is 0 Å². The molecule has 1 N–H and O–H groups in total. The summed E-state index contributed by atoms with van der Waals surface area (Å²) in [7, 11) is -2.49. The van der Waals surface area contributed by atoms with Gasteiger partial charge in [0.25, 0.3) is 0 Å². The van der Waals surface area contributed by atoms with Crippen molar-refractivity contribution in [2.75, 3.05) is 31.7 Å². The van der Waals surface area contributed by atoms with Crippen molar-refractivity contribution < 1.29 is 22.6 Å². The summed E-state index contributed by atoms with van der Waals surface area (Å²) in [5.74, 6) is 1.04. The molecule has 0 aliphatic carbocycles. The van der Waals surface area contributed by atoms with E-state index in [1.807, 2.05) is 6.92 Å². The number of aromatic nitrogens is 6. The van der Waals surface area contributed by atoms with Crippen LogP contribution in [0.25, 0.3) is 11.4 Å². The lowest BCUT2D eigenvalue weighted by Crippen LogP contribution is -2.34. The number of fused-ring (bicyclic) bond motifs is 3. The number of ether oxygens (including phenoxy) is 3. The van der Waals surface area contributed by atoms with Gasteiger partial charge in [0.15, 0.2) is 11.6 Å². The Morgan fingerprint density at radius 3 is 2.77 bits per heavy atom. The summed E-state index contributed by atoms with van der Waals surface area (Å²) in [5.41, 5.74) is 0.593. The van der Waals surface area contributed by atoms with Crippen LogP contribution in [0.15, 0.2) is 30.7 Å². The van der Waals surface area contributed by atoms with E-state index in [0.29, 0.717) is 35.3 Å². The standard InChI is InChI=1S/C21H26ClN7O5S/c1-4-8-33-17(18-24-9-14(22)10-25-18)13(2)35(30,31)28-21-27-26-19-16-6-5-7-23-20(16)34-12-15(11-32-3)29(19)21/h5-7,9-10,13,15,17H,4,8,11-12H2,1-3H3,(H,27,28)/t13-,15-,17+/m0/s1. The molecule has 0 radical (unpaired) electrons. The minimum absolute atomic E-state index is 0.0282. The van der Waals surface area contributed by atoms with Crippen molar-refractivity contribution in [2.45, 2.75) is 37.7 Å². The molecule has 35 heavy (non-hydrogen) atoms. The molecule has 0 saturated heterocycles. The second-order valence-electron chi connectivity index (χ2n) is 7.90. The first-order chi connectivity index (χ1) is 16.9. The third kappa shape index (κ3) is 5.37. The molecular formula is C21H26ClN7O5S. The first-order valence-corrected chi connectivity index (χ1v) is 12.9. The van der Waals surface area contributed by atoms with Gasteiger partial charge >= 0.3 is 0 Å². The highest BCUT2D eigenvalue weighted by Gasteiger charge is 2.36. The molecule has 0 bridgehead atoms. The summed E-state index contributed by atoms with van der Waals surface area (Å²) in [5, 5.41) is 7.64. The lowest BCUT2D eigenvalue weighted by molar-refractivity contribution is 0.0466. The molecule has 3 aromatic heterocycles. The zero-order valence-electron chi connectivity index (χ0n) is 19.5. The number of nitrogens with zero attached hydrogens (tertiary/aromatic N) is 6. The molecule has 1 aliphatic rings. The summed E-state index contributed by atoms with van der Waals surface area (Å²) >= 11 is 5.90. The second-order valence-corrected chi connectivity index (χ2v) is 10.4. The highest BCUT2D eigenvalue weighted by atomic mass is 35.5. The number of methoxy groups -OCH3 is 1. The Hall–Kier alpha value is -2.87. The highest BCUT2D eigenvalue weighted by molar-refractivity contribution is 7.93. The SMILES string of the molecule is CCCO[C@@H](c1ncc(Cl)cn1)[C@H](C)S(=O)(=O)Nc1nnc2n1[C@@H](COC)COc1ncccc1-2. The van der Waals surface area contributed by atoms with E-state index >= 15 is 0 Å². The van der Waals surface area contributed by atoms with Crippen molar-refractivity contribution in [3.63, 3.8) is 0 Å². The summed E-state index contributed by atoms with van der Waals surface area (Å²) in [4.78, 5) is 12.6. The maximum Gasteiger partial charge on any atom is 0.240 e. The molecule has 3 aromatic rings. The van der Waals surface area contributed by atoms with Crippen LogP contribution in [-0.4, -0.2) is 70.3 Å². The van der Waals surface area contributed by atoms with Crippen LogP contribution in [0.2, 0.25) is 5.02 Å². The van der Waals surface area contributed by atoms with Gasteiger partial charge in [-0.3, -0.25) is 9.29 Å². The molecule has 3 atom stereocenters. The van der Waals surface area contributed by atoms with Gasteiger partial charge in [0.05, 0.1) is 23.2 Å². The predicted octanol–water partition coefficient (Wildman–Crippen LogP) is 2.66. The molecule has 0 unspecified atom stereocenters. The fourth-order valence-electron chi connectivity index (χ4n) is 3.65. The zero-order chi connectivity index (χ0) is 25.0. The van der Waals surface area contributed by atoms with Crippen LogP contribution < -0.4 is 9.46 Å². The Kier molecular flexibility index (Phi) is 7.79. The van der Waals surface area contributed by atoms with Gasteiger partial charge in [-0.05, 0) is 25.5 Å². The quantitative estimate of drug-likeness (QED) is 0.421. The van der Waals surface area contributed by atoms with Gasteiger partial charge in [-0.15, -0.1) is 10.2 Å². The van der Waals surface area contributed by atoms with Crippen molar-refractivity contribution in [3.8, 4) is 17.3 Å².